The highest BCUT2D eigenvalue weighted by molar-refractivity contribution is 5.92. The summed E-state index contributed by atoms with van der Waals surface area (Å²) in [6, 6.07) is 11.2. The number of anilines is 2. The molecule has 0 fully saturated rings. The molecule has 0 spiro atoms. The van der Waals surface area contributed by atoms with Gasteiger partial charge in [-0.2, -0.15) is 0 Å². The molecule has 7 nitrogen and oxygen atoms in total. The molecule has 0 aliphatic carbocycles. The van der Waals surface area contributed by atoms with Crippen molar-refractivity contribution in [2.75, 3.05) is 23.3 Å². The normalized spacial score (nSPS) is 14.5. The highest BCUT2D eigenvalue weighted by Crippen LogP contribution is 2.41. The van der Waals surface area contributed by atoms with Crippen LogP contribution in [0.5, 0.6) is 5.75 Å². The van der Waals surface area contributed by atoms with Gasteiger partial charge in [0.15, 0.2) is 12.1 Å². The van der Waals surface area contributed by atoms with Crippen LogP contribution in [0, 0.1) is 5.82 Å². The number of carbonyl (C=O) groups excluding carboxylic acids is 1. The molecule has 0 aromatic heterocycles. The Kier molecular flexibility index (Phi) is 7.73. The zero-order chi connectivity index (χ0) is 25.1. The van der Waals surface area contributed by atoms with Crippen LogP contribution in [-0.4, -0.2) is 41.8 Å². The van der Waals surface area contributed by atoms with E-state index in [1.807, 2.05) is 51.1 Å². The van der Waals surface area contributed by atoms with Crippen LogP contribution in [0.4, 0.5) is 20.6 Å². The van der Waals surface area contributed by atoms with Gasteiger partial charge in [0.2, 0.25) is 0 Å². The molecule has 2 aromatic rings. The summed E-state index contributed by atoms with van der Waals surface area (Å²) in [6.45, 7) is 11.3. The molecule has 2 aromatic carbocycles. The molecule has 0 radical (unpaired) electrons. The van der Waals surface area contributed by atoms with Gasteiger partial charge in [-0.15, -0.1) is 0 Å². The molecule has 34 heavy (non-hydrogen) atoms. The first-order chi connectivity index (χ1) is 15.8. The van der Waals surface area contributed by atoms with Crippen molar-refractivity contribution in [2.24, 2.45) is 0 Å². The minimum absolute atomic E-state index is 0.0372. The van der Waals surface area contributed by atoms with E-state index in [9.17, 15) is 9.90 Å². The van der Waals surface area contributed by atoms with Crippen molar-refractivity contribution in [2.45, 2.75) is 72.1 Å². The Bertz CT molecular complexity index is 999. The average Bonchev–Trinajstić information content (AvgIpc) is 3.14. The number of carbonyl (C=O) groups is 1. The van der Waals surface area contributed by atoms with E-state index in [-0.39, 0.29) is 24.6 Å². The Balaban J connectivity index is 1.90. The molecule has 1 amide bonds. The minimum Gasteiger partial charge on any atom is -0.487 e. The van der Waals surface area contributed by atoms with Crippen LogP contribution in [0.2, 0.25) is 0 Å². The third kappa shape index (κ3) is 6.84. The van der Waals surface area contributed by atoms with Crippen LogP contribution < -0.4 is 15.0 Å². The molecule has 0 saturated carbocycles. The second-order valence-corrected chi connectivity index (χ2v) is 10.3. The smallest absolute Gasteiger partial charge is 0.414 e. The van der Waals surface area contributed by atoms with Crippen molar-refractivity contribution in [3.05, 3.63) is 53.3 Å². The Hall–Kier alpha value is -2.84. The van der Waals surface area contributed by atoms with Crippen LogP contribution in [0.15, 0.2) is 36.4 Å². The van der Waals surface area contributed by atoms with Gasteiger partial charge in [0.05, 0.1) is 17.8 Å². The molecule has 8 heteroatoms. The number of ether oxygens (including phenoxy) is 3. The fraction of sp³-hybridized carbons (Fsp3) is 0.500. The SMILES string of the molecule is CC(C)(C)OC(=O)N1CCc2c1cc(OCc1ccccc1)c(NCC(O)OC(C)(C)C)c2F. The Labute approximate surface area is 200 Å². The molecule has 0 saturated heterocycles. The first kappa shape index (κ1) is 25.8. The molecule has 1 heterocycles. The zero-order valence-corrected chi connectivity index (χ0v) is 20.8. The standard InChI is InChI=1S/C26H35FN2O5/c1-25(2,3)33-21(30)15-28-23-20(32-16-17-10-8-7-9-11-17)14-19-18(22(23)27)12-13-29(19)24(31)34-26(4,5)6/h7-11,14,21,28,30H,12-13,15-16H2,1-6H3. The summed E-state index contributed by atoms with van der Waals surface area (Å²) in [5, 5.41) is 13.2. The van der Waals surface area contributed by atoms with Gasteiger partial charge >= 0.3 is 6.09 Å². The highest BCUT2D eigenvalue weighted by Gasteiger charge is 2.33. The summed E-state index contributed by atoms with van der Waals surface area (Å²) in [7, 11) is 0. The monoisotopic (exact) mass is 474 g/mol. The summed E-state index contributed by atoms with van der Waals surface area (Å²) >= 11 is 0. The fourth-order valence-electron chi connectivity index (χ4n) is 3.64. The lowest BCUT2D eigenvalue weighted by molar-refractivity contribution is -0.157. The Morgan fingerprint density at radius 2 is 1.82 bits per heavy atom. The summed E-state index contributed by atoms with van der Waals surface area (Å²) in [5.41, 5.74) is 0.624. The number of hydrogen-bond acceptors (Lipinski definition) is 6. The first-order valence-electron chi connectivity index (χ1n) is 11.5. The van der Waals surface area contributed by atoms with Crippen molar-refractivity contribution in [1.29, 1.82) is 0 Å². The van der Waals surface area contributed by atoms with Crippen molar-refractivity contribution in [1.82, 2.24) is 0 Å². The third-order valence-electron chi connectivity index (χ3n) is 4.98. The van der Waals surface area contributed by atoms with Crippen molar-refractivity contribution >= 4 is 17.5 Å². The van der Waals surface area contributed by atoms with Gasteiger partial charge in [0.1, 0.15) is 23.6 Å². The largest absolute Gasteiger partial charge is 0.487 e. The van der Waals surface area contributed by atoms with E-state index >= 15 is 4.39 Å². The van der Waals surface area contributed by atoms with Crippen LogP contribution >= 0.6 is 0 Å². The summed E-state index contributed by atoms with van der Waals surface area (Å²) < 4.78 is 32.7. The van der Waals surface area contributed by atoms with Gasteiger partial charge in [0.25, 0.3) is 0 Å². The number of benzene rings is 2. The number of hydrogen-bond donors (Lipinski definition) is 2. The maximum atomic E-state index is 15.7. The van der Waals surface area contributed by atoms with Crippen LogP contribution in [-0.2, 0) is 22.5 Å². The molecule has 3 rings (SSSR count). The Morgan fingerprint density at radius 3 is 2.44 bits per heavy atom. The number of nitrogens with one attached hydrogen (secondary N) is 1. The second-order valence-electron chi connectivity index (χ2n) is 10.3. The third-order valence-corrected chi connectivity index (χ3v) is 4.98. The maximum Gasteiger partial charge on any atom is 0.414 e. The number of rotatable bonds is 7. The lowest BCUT2D eigenvalue weighted by atomic mass is 10.1. The summed E-state index contributed by atoms with van der Waals surface area (Å²) in [4.78, 5) is 14.2. The van der Waals surface area contributed by atoms with Crippen LogP contribution in [0.1, 0.15) is 52.7 Å². The number of halogens is 1. The molecule has 0 bridgehead atoms. The highest BCUT2D eigenvalue weighted by atomic mass is 19.1. The van der Waals surface area contributed by atoms with E-state index in [1.165, 1.54) is 4.90 Å². The van der Waals surface area contributed by atoms with E-state index in [0.717, 1.165) is 5.56 Å². The topological polar surface area (TPSA) is 80.3 Å². The number of fused-ring (bicyclic) bond motifs is 1. The predicted octanol–water partition coefficient (Wildman–Crippen LogP) is 5.25. The van der Waals surface area contributed by atoms with Crippen molar-refractivity contribution in [3.8, 4) is 5.75 Å². The zero-order valence-electron chi connectivity index (χ0n) is 20.8. The Morgan fingerprint density at radius 1 is 1.15 bits per heavy atom. The van der Waals surface area contributed by atoms with Gasteiger partial charge in [0, 0.05) is 18.2 Å². The fourth-order valence-corrected chi connectivity index (χ4v) is 3.64. The van der Waals surface area contributed by atoms with Gasteiger partial charge < -0.3 is 24.6 Å². The number of amides is 1. The van der Waals surface area contributed by atoms with Gasteiger partial charge in [-0.25, -0.2) is 9.18 Å². The van der Waals surface area contributed by atoms with E-state index in [2.05, 4.69) is 5.32 Å². The van der Waals surface area contributed by atoms with E-state index in [1.54, 1.807) is 26.8 Å². The first-order valence-corrected chi connectivity index (χ1v) is 11.5. The maximum absolute atomic E-state index is 15.7. The van der Waals surface area contributed by atoms with Gasteiger partial charge in [-0.05, 0) is 53.5 Å². The molecule has 186 valence electrons. The molecule has 1 unspecified atom stereocenters. The molecular weight excluding hydrogens is 439 g/mol. The van der Waals surface area contributed by atoms with Gasteiger partial charge in [-0.3, -0.25) is 4.90 Å². The lowest BCUT2D eigenvalue weighted by Crippen LogP contribution is -2.35. The number of aliphatic hydroxyl groups excluding tert-OH is 1. The number of aliphatic hydroxyl groups is 1. The van der Waals surface area contributed by atoms with Crippen LogP contribution in [0.25, 0.3) is 0 Å². The lowest BCUT2D eigenvalue weighted by Gasteiger charge is -2.26. The van der Waals surface area contributed by atoms with Gasteiger partial charge in [-0.1, -0.05) is 30.3 Å². The molecule has 1 atom stereocenters. The second kappa shape index (κ2) is 10.2. The van der Waals surface area contributed by atoms with Crippen LogP contribution in [0.3, 0.4) is 0 Å². The van der Waals surface area contributed by atoms with E-state index in [0.29, 0.717) is 24.2 Å². The summed E-state index contributed by atoms with van der Waals surface area (Å²) in [5.74, 6) is -0.284. The molecule has 1 aliphatic rings. The predicted molar refractivity (Wildman–Crippen MR) is 130 cm³/mol. The molecule has 1 aliphatic heterocycles. The molecular formula is C26H35FN2O5. The van der Waals surface area contributed by atoms with E-state index < -0.39 is 29.4 Å². The minimum atomic E-state index is -1.15. The van der Waals surface area contributed by atoms with Crippen molar-refractivity contribution < 1.29 is 28.5 Å². The molecule has 2 N–H and O–H groups in total. The van der Waals surface area contributed by atoms with E-state index in [4.69, 9.17) is 14.2 Å². The van der Waals surface area contributed by atoms with Crippen molar-refractivity contribution in [3.63, 3.8) is 0 Å². The number of nitrogens with zero attached hydrogens (tertiary/aromatic N) is 1. The quantitative estimate of drug-likeness (QED) is 0.534. The summed E-state index contributed by atoms with van der Waals surface area (Å²) in [6.07, 6.45) is -1.34. The average molecular weight is 475 g/mol.